The number of aliphatic carboxylic acids is 2. The summed E-state index contributed by atoms with van der Waals surface area (Å²) >= 11 is 2.32. The summed E-state index contributed by atoms with van der Waals surface area (Å²) in [5.74, 6) is -3.45. The van der Waals surface area contributed by atoms with E-state index in [1.165, 1.54) is 34.2 Å². The summed E-state index contributed by atoms with van der Waals surface area (Å²) in [7, 11) is 1.33. The third kappa shape index (κ3) is 4.24. The first kappa shape index (κ1) is 22.0. The lowest BCUT2D eigenvalue weighted by molar-refractivity contribution is -0.161. The SMILES string of the molecule is COCC1(C(=O)O)CN2C(=O)C[C@H]2SC1NC(=O)C(=NOCC(=O)O)c1cscn1. The van der Waals surface area contributed by atoms with Crippen molar-refractivity contribution in [1.29, 1.82) is 0 Å². The summed E-state index contributed by atoms with van der Waals surface area (Å²) in [5.41, 5.74) is -0.273. The number of oxime groups is 1. The maximum absolute atomic E-state index is 12.9. The number of carboxylic acids is 2. The molecule has 14 heteroatoms. The number of methoxy groups -OCH3 is 1. The maximum atomic E-state index is 12.9. The topological polar surface area (TPSA) is 168 Å². The third-order valence-corrected chi connectivity index (χ3v) is 6.75. The van der Waals surface area contributed by atoms with Crippen molar-refractivity contribution in [3.63, 3.8) is 0 Å². The zero-order valence-electron chi connectivity index (χ0n) is 15.6. The molecule has 0 spiro atoms. The van der Waals surface area contributed by atoms with Gasteiger partial charge in [0.1, 0.15) is 11.1 Å². The highest BCUT2D eigenvalue weighted by atomic mass is 32.2. The van der Waals surface area contributed by atoms with Gasteiger partial charge in [0, 0.05) is 19.0 Å². The average molecular weight is 458 g/mol. The Balaban J connectivity index is 1.86. The lowest BCUT2D eigenvalue weighted by Gasteiger charge is -2.53. The molecule has 3 N–H and O–H groups in total. The number of rotatable bonds is 9. The molecule has 2 aliphatic heterocycles. The van der Waals surface area contributed by atoms with Gasteiger partial charge in [-0.05, 0) is 0 Å². The number of fused-ring (bicyclic) bond motifs is 1. The van der Waals surface area contributed by atoms with Gasteiger partial charge in [0.25, 0.3) is 5.91 Å². The van der Waals surface area contributed by atoms with Crippen LogP contribution >= 0.6 is 23.1 Å². The van der Waals surface area contributed by atoms with Gasteiger partial charge in [-0.25, -0.2) is 9.78 Å². The minimum atomic E-state index is -1.59. The van der Waals surface area contributed by atoms with Crippen LogP contribution in [0.4, 0.5) is 0 Å². The molecule has 0 saturated carbocycles. The Kier molecular flexibility index (Phi) is 6.58. The van der Waals surface area contributed by atoms with E-state index in [0.29, 0.717) is 0 Å². The molecule has 3 rings (SSSR count). The first-order valence-electron chi connectivity index (χ1n) is 8.57. The van der Waals surface area contributed by atoms with E-state index in [9.17, 15) is 24.3 Å². The molecule has 3 atom stereocenters. The zero-order valence-corrected chi connectivity index (χ0v) is 17.3. The molecule has 2 fully saturated rings. The number of thiazole rings is 1. The van der Waals surface area contributed by atoms with Gasteiger partial charge in [-0.3, -0.25) is 14.4 Å². The van der Waals surface area contributed by atoms with Crippen LogP contribution < -0.4 is 5.32 Å². The highest BCUT2D eigenvalue weighted by molar-refractivity contribution is 8.00. The molecule has 12 nitrogen and oxygen atoms in total. The smallest absolute Gasteiger partial charge is 0.344 e. The van der Waals surface area contributed by atoms with Crippen LogP contribution in [-0.4, -0.2) is 87.2 Å². The number of amides is 2. The minimum Gasteiger partial charge on any atom is -0.481 e. The van der Waals surface area contributed by atoms with E-state index >= 15 is 0 Å². The number of thioether (sulfide) groups is 1. The number of ether oxygens (including phenoxy) is 1. The summed E-state index contributed by atoms with van der Waals surface area (Å²) in [6, 6.07) is 0. The number of β-lactam (4-membered cyclic amide) rings is 1. The van der Waals surface area contributed by atoms with Crippen LogP contribution in [0.15, 0.2) is 16.0 Å². The molecular formula is C16H18N4O8S2. The monoisotopic (exact) mass is 458 g/mol. The van der Waals surface area contributed by atoms with Gasteiger partial charge < -0.3 is 30.0 Å². The quantitative estimate of drug-likeness (QED) is 0.247. The van der Waals surface area contributed by atoms with E-state index in [2.05, 4.69) is 15.5 Å². The summed E-state index contributed by atoms with van der Waals surface area (Å²) in [6.45, 7) is -1.12. The number of nitrogens with zero attached hydrogens (tertiary/aromatic N) is 3. The molecule has 1 aromatic heterocycles. The molecule has 162 valence electrons. The standard InChI is InChI=1S/C16H18N4O8S2/c1-27-6-16(15(25)26)5-20-9(21)2-10(20)30-14(16)18-13(24)12(8-4-29-7-17-8)19-28-3-11(22)23/h4,7,10,14H,2-3,5-6H2,1H3,(H,18,24)(H,22,23)(H,25,26)/t10-,14?,16?/m1/s1. The van der Waals surface area contributed by atoms with Crippen molar-refractivity contribution in [1.82, 2.24) is 15.2 Å². The van der Waals surface area contributed by atoms with Crippen LogP contribution in [0.25, 0.3) is 0 Å². The Hall–Kier alpha value is -2.71. The Bertz CT molecular complexity index is 877. The number of carbonyl (C=O) groups excluding carboxylic acids is 2. The number of carboxylic acid groups (broad SMARTS) is 2. The molecule has 0 bridgehead atoms. The molecule has 3 heterocycles. The van der Waals surface area contributed by atoms with E-state index in [1.807, 2.05) is 0 Å². The molecule has 2 amide bonds. The van der Waals surface area contributed by atoms with Gasteiger partial charge in [-0.1, -0.05) is 5.16 Å². The second-order valence-corrected chi connectivity index (χ2v) is 8.55. The fraction of sp³-hybridized carbons (Fsp3) is 0.500. The van der Waals surface area contributed by atoms with Crippen molar-refractivity contribution < 1.29 is 39.0 Å². The molecule has 0 aliphatic carbocycles. The van der Waals surface area contributed by atoms with Crippen LogP contribution in [-0.2, 0) is 28.8 Å². The van der Waals surface area contributed by atoms with Gasteiger partial charge in [0.15, 0.2) is 5.71 Å². The van der Waals surface area contributed by atoms with Crippen LogP contribution in [0.3, 0.4) is 0 Å². The number of aromatic nitrogens is 1. The van der Waals surface area contributed by atoms with Crippen molar-refractivity contribution in [2.75, 3.05) is 26.9 Å². The van der Waals surface area contributed by atoms with Gasteiger partial charge in [0.2, 0.25) is 12.5 Å². The van der Waals surface area contributed by atoms with E-state index < -0.39 is 35.2 Å². The van der Waals surface area contributed by atoms with E-state index in [-0.39, 0.29) is 42.3 Å². The Labute approximate surface area is 178 Å². The van der Waals surface area contributed by atoms with Crippen molar-refractivity contribution in [3.8, 4) is 0 Å². The summed E-state index contributed by atoms with van der Waals surface area (Å²) < 4.78 is 5.11. The molecular weight excluding hydrogens is 440 g/mol. The highest BCUT2D eigenvalue weighted by Gasteiger charge is 2.58. The Morgan fingerprint density at radius 2 is 2.20 bits per heavy atom. The van der Waals surface area contributed by atoms with Crippen LogP contribution in [0.2, 0.25) is 0 Å². The van der Waals surface area contributed by atoms with Crippen molar-refractivity contribution in [2.45, 2.75) is 17.2 Å². The van der Waals surface area contributed by atoms with Gasteiger partial charge >= 0.3 is 11.9 Å². The lowest BCUT2D eigenvalue weighted by atomic mass is 9.85. The zero-order chi connectivity index (χ0) is 21.9. The second kappa shape index (κ2) is 8.97. The largest absolute Gasteiger partial charge is 0.481 e. The first-order valence-corrected chi connectivity index (χ1v) is 10.5. The second-order valence-electron chi connectivity index (χ2n) is 6.55. The first-order chi connectivity index (χ1) is 14.3. The minimum absolute atomic E-state index is 0.115. The van der Waals surface area contributed by atoms with E-state index in [1.54, 1.807) is 0 Å². The number of hydrogen-bond donors (Lipinski definition) is 3. The number of nitrogens with one attached hydrogen (secondary N) is 1. The number of carbonyl (C=O) groups is 4. The predicted octanol–water partition coefficient (Wildman–Crippen LogP) is -0.587. The summed E-state index contributed by atoms with van der Waals surface area (Å²) in [4.78, 5) is 57.7. The van der Waals surface area contributed by atoms with Gasteiger partial charge in [0.05, 0.1) is 29.3 Å². The molecule has 2 saturated heterocycles. The molecule has 2 unspecified atom stereocenters. The third-order valence-electron chi connectivity index (χ3n) is 4.59. The van der Waals surface area contributed by atoms with Gasteiger partial charge in [-0.2, -0.15) is 0 Å². The van der Waals surface area contributed by atoms with Crippen molar-refractivity contribution >= 4 is 52.6 Å². The highest BCUT2D eigenvalue weighted by Crippen LogP contribution is 2.46. The molecule has 30 heavy (non-hydrogen) atoms. The normalized spacial score (nSPS) is 25.8. The van der Waals surface area contributed by atoms with E-state index in [4.69, 9.17) is 14.7 Å². The van der Waals surface area contributed by atoms with Crippen LogP contribution in [0.1, 0.15) is 12.1 Å². The maximum Gasteiger partial charge on any atom is 0.344 e. The molecule has 1 aromatic rings. The lowest BCUT2D eigenvalue weighted by Crippen LogP contribution is -2.68. The van der Waals surface area contributed by atoms with Crippen molar-refractivity contribution in [3.05, 3.63) is 16.6 Å². The Morgan fingerprint density at radius 1 is 1.43 bits per heavy atom. The number of hydrogen-bond acceptors (Lipinski definition) is 10. The molecule has 0 radical (unpaired) electrons. The average Bonchev–Trinajstić information content (AvgIpc) is 3.20. The van der Waals surface area contributed by atoms with Crippen LogP contribution in [0.5, 0.6) is 0 Å². The predicted molar refractivity (Wildman–Crippen MR) is 104 cm³/mol. The Morgan fingerprint density at radius 3 is 2.77 bits per heavy atom. The van der Waals surface area contributed by atoms with E-state index in [0.717, 1.165) is 11.8 Å². The summed E-state index contributed by atoms with van der Waals surface area (Å²) in [5, 5.41) is 25.2. The van der Waals surface area contributed by atoms with Crippen LogP contribution in [0, 0.1) is 5.41 Å². The fourth-order valence-corrected chi connectivity index (χ4v) is 5.18. The fourth-order valence-electron chi connectivity index (χ4n) is 3.08. The van der Waals surface area contributed by atoms with Crippen molar-refractivity contribution in [2.24, 2.45) is 10.6 Å². The molecule has 2 aliphatic rings. The molecule has 0 aromatic carbocycles. The van der Waals surface area contributed by atoms with Gasteiger partial charge in [-0.15, -0.1) is 23.1 Å². The summed E-state index contributed by atoms with van der Waals surface area (Å²) in [6.07, 6.45) is 0.245.